The van der Waals surface area contributed by atoms with E-state index >= 15 is 0 Å². The van der Waals surface area contributed by atoms with Crippen molar-refractivity contribution < 1.29 is 43.1 Å². The first-order chi connectivity index (χ1) is 19.6. The number of carboxylic acids is 1. The molecule has 0 amide bonds. The number of nitrogens with one attached hydrogen (secondary N) is 1. The first-order valence-electron chi connectivity index (χ1n) is 12.0. The van der Waals surface area contributed by atoms with Gasteiger partial charge in [0.25, 0.3) is 11.4 Å². The van der Waals surface area contributed by atoms with Crippen LogP contribution in [0.4, 0.5) is 21.5 Å². The summed E-state index contributed by atoms with van der Waals surface area (Å²) < 4.78 is 30.8. The molecule has 2 aliphatic heterocycles. The molecule has 0 aliphatic carbocycles. The Morgan fingerprint density at radius 2 is 1.48 bits per heavy atom. The van der Waals surface area contributed by atoms with Crippen molar-refractivity contribution in [1.82, 2.24) is 5.32 Å². The van der Waals surface area contributed by atoms with Crippen LogP contribution in [-0.4, -0.2) is 93.7 Å². The normalized spacial score (nSPS) is 13.5. The third-order valence-electron chi connectivity index (χ3n) is 5.19. The monoisotopic (exact) mass is 615 g/mol. The van der Waals surface area contributed by atoms with E-state index in [2.05, 4.69) is 23.8 Å². The Morgan fingerprint density at radius 1 is 1.00 bits per heavy atom. The number of nitro groups is 2. The van der Waals surface area contributed by atoms with Gasteiger partial charge in [0.05, 0.1) is 66.3 Å². The minimum absolute atomic E-state index is 0. The number of non-ortho nitro benzene ring substituents is 2. The number of aromatic carboxylic acids is 1. The number of hydrogen-bond acceptors (Lipinski definition) is 12. The third-order valence-corrected chi connectivity index (χ3v) is 5.19. The molecule has 0 saturated carbocycles. The molecular formula is C25H35FN5O10P. The summed E-state index contributed by atoms with van der Waals surface area (Å²) in [4.78, 5) is 43.5. The molecule has 2 N–H and O–H groups in total. The quantitative estimate of drug-likeness (QED) is 0.214. The lowest BCUT2D eigenvalue weighted by Gasteiger charge is -2.29. The summed E-state index contributed by atoms with van der Waals surface area (Å²) in [5.74, 6) is -2.92. The molecule has 0 radical (unpaired) electrons. The van der Waals surface area contributed by atoms with Gasteiger partial charge in [0, 0.05) is 51.4 Å². The number of ether oxygens (including phenoxy) is 3. The molecular weight excluding hydrogens is 580 g/mol. The molecule has 0 unspecified atom stereocenters. The molecule has 42 heavy (non-hydrogen) atoms. The SMILES string of the molecule is C.C1COCCN1.CN=P.COC(=O)c1ccc([N+](=O)[O-])cc1F.O=C(O)c1ccc([N+](=O)[O-])cc1N1CCOCC1. The largest absolute Gasteiger partial charge is 0.478 e. The smallest absolute Gasteiger partial charge is 0.340 e. The number of hydrogen-bond donors (Lipinski definition) is 2. The van der Waals surface area contributed by atoms with Crippen molar-refractivity contribution in [3.63, 3.8) is 0 Å². The zero-order valence-electron chi connectivity index (χ0n) is 22.4. The maximum atomic E-state index is 13.0. The number of carboxylic acid groups (broad SMARTS) is 1. The Kier molecular flexibility index (Phi) is 18.7. The summed E-state index contributed by atoms with van der Waals surface area (Å²) in [6.45, 7) is 5.87. The van der Waals surface area contributed by atoms with Crippen molar-refractivity contribution in [3.05, 3.63) is 73.6 Å². The van der Waals surface area contributed by atoms with E-state index in [1.54, 1.807) is 11.9 Å². The summed E-state index contributed by atoms with van der Waals surface area (Å²) in [5.41, 5.74) is -0.391. The van der Waals surface area contributed by atoms with Crippen molar-refractivity contribution in [2.75, 3.05) is 71.7 Å². The molecule has 15 nitrogen and oxygen atoms in total. The van der Waals surface area contributed by atoms with E-state index in [1.165, 1.54) is 18.2 Å². The van der Waals surface area contributed by atoms with Crippen LogP contribution in [0.25, 0.3) is 0 Å². The van der Waals surface area contributed by atoms with E-state index < -0.39 is 33.3 Å². The number of carbonyl (C=O) groups excluding carboxylic acids is 1. The van der Waals surface area contributed by atoms with Crippen molar-refractivity contribution in [3.8, 4) is 0 Å². The van der Waals surface area contributed by atoms with Gasteiger partial charge in [-0.05, 0) is 21.2 Å². The van der Waals surface area contributed by atoms with Gasteiger partial charge in [-0.15, -0.1) is 0 Å². The number of methoxy groups -OCH3 is 1. The Balaban J connectivity index is 0.000000619. The fraction of sp³-hybridized carbons (Fsp3) is 0.440. The van der Waals surface area contributed by atoms with Crippen LogP contribution in [0.1, 0.15) is 28.1 Å². The minimum Gasteiger partial charge on any atom is -0.478 e. The highest BCUT2D eigenvalue weighted by atomic mass is 31.0. The van der Waals surface area contributed by atoms with Crippen molar-refractivity contribution >= 4 is 38.0 Å². The highest BCUT2D eigenvalue weighted by Gasteiger charge is 2.21. The topological polar surface area (TPSA) is 196 Å². The molecule has 2 aromatic rings. The summed E-state index contributed by atoms with van der Waals surface area (Å²) in [5, 5.41) is 33.2. The fourth-order valence-corrected chi connectivity index (χ4v) is 3.29. The lowest BCUT2D eigenvalue weighted by Crippen LogP contribution is -2.37. The van der Waals surface area contributed by atoms with E-state index in [9.17, 15) is 34.2 Å². The highest BCUT2D eigenvalue weighted by Crippen LogP contribution is 2.27. The maximum Gasteiger partial charge on any atom is 0.340 e. The summed E-state index contributed by atoms with van der Waals surface area (Å²) in [6, 6.07) is 6.49. The lowest BCUT2D eigenvalue weighted by molar-refractivity contribution is -0.385. The number of nitro benzene ring substituents is 2. The van der Waals surface area contributed by atoms with Crippen LogP contribution in [0.15, 0.2) is 41.1 Å². The van der Waals surface area contributed by atoms with Crippen LogP contribution in [-0.2, 0) is 14.2 Å². The van der Waals surface area contributed by atoms with Gasteiger partial charge in [-0.25, -0.2) is 14.0 Å². The Hall–Kier alpha value is -4.11. The zero-order valence-corrected chi connectivity index (χ0v) is 23.4. The second-order valence-electron chi connectivity index (χ2n) is 7.86. The molecule has 232 valence electrons. The maximum absolute atomic E-state index is 13.0. The van der Waals surface area contributed by atoms with Crippen LogP contribution in [0.5, 0.6) is 0 Å². The van der Waals surface area contributed by atoms with Crippen LogP contribution >= 0.6 is 9.03 Å². The number of nitrogens with zero attached hydrogens (tertiary/aromatic N) is 4. The van der Waals surface area contributed by atoms with Crippen molar-refractivity contribution in [2.45, 2.75) is 7.43 Å². The second kappa shape index (κ2) is 20.7. The predicted molar refractivity (Wildman–Crippen MR) is 155 cm³/mol. The number of anilines is 1. The minimum atomic E-state index is -1.09. The Bertz CT molecular complexity index is 1180. The molecule has 17 heteroatoms. The Labute approximate surface area is 244 Å². The highest BCUT2D eigenvalue weighted by molar-refractivity contribution is 7.03. The molecule has 2 heterocycles. The van der Waals surface area contributed by atoms with Crippen LogP contribution < -0.4 is 10.2 Å². The number of morpholine rings is 2. The molecule has 0 spiro atoms. The third kappa shape index (κ3) is 13.0. The molecule has 2 aliphatic rings. The Morgan fingerprint density at radius 3 is 1.86 bits per heavy atom. The lowest BCUT2D eigenvalue weighted by atomic mass is 10.1. The van der Waals surface area contributed by atoms with Crippen LogP contribution in [0.3, 0.4) is 0 Å². The number of rotatable bonds is 5. The van der Waals surface area contributed by atoms with E-state index in [0.29, 0.717) is 38.1 Å². The first-order valence-corrected chi connectivity index (χ1v) is 12.4. The van der Waals surface area contributed by atoms with E-state index in [1.807, 2.05) is 0 Å². The molecule has 2 saturated heterocycles. The van der Waals surface area contributed by atoms with E-state index in [0.717, 1.165) is 45.5 Å². The van der Waals surface area contributed by atoms with Gasteiger partial charge in [-0.2, -0.15) is 0 Å². The van der Waals surface area contributed by atoms with Crippen LogP contribution in [0, 0.1) is 26.0 Å². The molecule has 2 aromatic carbocycles. The standard InChI is InChI=1S/C11H12N2O5.C8H6FNO4.C4H9NO.CH4NP.CH4/c14-11(15)9-2-1-8(13(16)17)7-10(9)12-3-5-18-6-4-12;1-14-8(11)6-3-2-5(10(12)13)4-7(6)9;1-3-6-4-2-5-1;1-2-3;/h1-2,7H,3-6H2,(H,14,15);2-4H,1H3;5H,1-4H2;3H,1H3;1H4. The summed E-state index contributed by atoms with van der Waals surface area (Å²) in [6.07, 6.45) is 0. The second-order valence-corrected chi connectivity index (χ2v) is 8.31. The van der Waals surface area contributed by atoms with Gasteiger partial charge in [0.15, 0.2) is 0 Å². The summed E-state index contributed by atoms with van der Waals surface area (Å²) >= 11 is 0. The fourth-order valence-electron chi connectivity index (χ4n) is 3.29. The molecule has 0 bridgehead atoms. The van der Waals surface area contributed by atoms with Crippen LogP contribution in [0.2, 0.25) is 0 Å². The zero-order chi connectivity index (χ0) is 30.8. The van der Waals surface area contributed by atoms with Gasteiger partial charge in [0.1, 0.15) is 5.82 Å². The molecule has 2 fully saturated rings. The van der Waals surface area contributed by atoms with E-state index in [-0.39, 0.29) is 24.2 Å². The van der Waals surface area contributed by atoms with Gasteiger partial charge in [-0.3, -0.25) is 25.0 Å². The average molecular weight is 616 g/mol. The van der Waals surface area contributed by atoms with Gasteiger partial charge in [0.2, 0.25) is 0 Å². The molecule has 4 rings (SSSR count). The molecule has 0 aromatic heterocycles. The van der Waals surface area contributed by atoms with Gasteiger partial charge < -0.3 is 29.5 Å². The molecule has 0 atom stereocenters. The number of esters is 1. The average Bonchev–Trinajstić information content (AvgIpc) is 2.98. The number of halogens is 1. The summed E-state index contributed by atoms with van der Waals surface area (Å²) in [7, 11) is 5.57. The van der Waals surface area contributed by atoms with Crippen molar-refractivity contribution in [1.29, 1.82) is 0 Å². The van der Waals surface area contributed by atoms with Gasteiger partial charge >= 0.3 is 11.9 Å². The van der Waals surface area contributed by atoms with Gasteiger partial charge in [-0.1, -0.05) is 7.43 Å². The predicted octanol–water partition coefficient (Wildman–Crippen LogP) is 3.84. The number of carbonyl (C=O) groups is 2. The van der Waals surface area contributed by atoms with E-state index in [4.69, 9.17) is 14.6 Å². The number of benzene rings is 2. The first kappa shape index (κ1) is 37.9. The van der Waals surface area contributed by atoms with Crippen molar-refractivity contribution in [2.24, 2.45) is 4.74 Å².